The number of hydrazone groups is 1. The Morgan fingerprint density at radius 3 is 2.25 bits per heavy atom. The normalized spacial score (nSPS) is 18.1. The summed E-state index contributed by atoms with van der Waals surface area (Å²) >= 11 is 6.11. The molecule has 186 valence electrons. The number of hydrazine groups is 1. The molecule has 1 aliphatic heterocycles. The van der Waals surface area contributed by atoms with Gasteiger partial charge in [0.15, 0.2) is 6.04 Å². The molecule has 7 nitrogen and oxygen atoms in total. The van der Waals surface area contributed by atoms with Crippen LogP contribution in [0.3, 0.4) is 0 Å². The molecule has 0 unspecified atom stereocenters. The summed E-state index contributed by atoms with van der Waals surface area (Å²) in [6.07, 6.45) is 1.88. The third-order valence-electron chi connectivity index (χ3n) is 6.30. The van der Waals surface area contributed by atoms with Gasteiger partial charge in [-0.3, -0.25) is 9.59 Å². The number of carbonyl (C=O) groups excluding carboxylic acids is 2. The van der Waals surface area contributed by atoms with Crippen LogP contribution >= 0.6 is 11.6 Å². The topological polar surface area (TPSA) is 73.7 Å². The van der Waals surface area contributed by atoms with Crippen molar-refractivity contribution < 1.29 is 19.0 Å². The van der Waals surface area contributed by atoms with E-state index in [-0.39, 0.29) is 11.8 Å². The highest BCUT2D eigenvalue weighted by molar-refractivity contribution is 6.30. The molecule has 0 radical (unpaired) electrons. The van der Waals surface area contributed by atoms with Crippen LogP contribution in [0.5, 0.6) is 5.75 Å². The Hall–Kier alpha value is -3.84. The zero-order valence-corrected chi connectivity index (χ0v) is 21.3. The van der Waals surface area contributed by atoms with Gasteiger partial charge in [0.25, 0.3) is 5.91 Å². The molecule has 0 aliphatic carbocycles. The first-order chi connectivity index (χ1) is 17.4. The molecule has 0 bridgehead atoms. The quantitative estimate of drug-likeness (QED) is 0.450. The molecule has 1 heterocycles. The van der Waals surface area contributed by atoms with Crippen LogP contribution in [0.2, 0.25) is 5.02 Å². The lowest BCUT2D eigenvalue weighted by Crippen LogP contribution is -2.42. The van der Waals surface area contributed by atoms with Crippen molar-refractivity contribution >= 4 is 35.3 Å². The van der Waals surface area contributed by atoms with Gasteiger partial charge in [-0.05, 0) is 74.5 Å². The fourth-order valence-electron chi connectivity index (χ4n) is 4.33. The number of benzene rings is 3. The molecule has 2 atom stereocenters. The van der Waals surface area contributed by atoms with Crippen molar-refractivity contribution in [3.05, 3.63) is 94.5 Å². The molecule has 4 rings (SSSR count). The molecular weight excluding hydrogens is 476 g/mol. The van der Waals surface area contributed by atoms with Crippen LogP contribution in [-0.4, -0.2) is 49.0 Å². The van der Waals surface area contributed by atoms with Crippen LogP contribution in [0.4, 0.5) is 5.69 Å². The summed E-state index contributed by atoms with van der Waals surface area (Å²) in [7, 11) is 1.57. The highest BCUT2D eigenvalue weighted by Gasteiger charge is 2.47. The van der Waals surface area contributed by atoms with Crippen molar-refractivity contribution in [2.24, 2.45) is 0 Å². The first-order valence-electron chi connectivity index (χ1n) is 11.9. The predicted octanol–water partition coefficient (Wildman–Crippen LogP) is 4.21. The van der Waals surface area contributed by atoms with Crippen LogP contribution < -0.4 is 20.4 Å². The summed E-state index contributed by atoms with van der Waals surface area (Å²) in [6, 6.07) is 20.9. The Kier molecular flexibility index (Phi) is 7.90. The summed E-state index contributed by atoms with van der Waals surface area (Å²) in [5, 5.41) is 3.50. The second kappa shape index (κ2) is 11.3. The van der Waals surface area contributed by atoms with Crippen molar-refractivity contribution in [3.8, 4) is 5.75 Å². The minimum atomic E-state index is -0.813. The minimum Gasteiger partial charge on any atom is -0.497 e. The number of hydrogen-bond acceptors (Lipinski definition) is 4. The van der Waals surface area contributed by atoms with Gasteiger partial charge in [-0.15, -0.1) is 10.1 Å². The molecule has 2 amide bonds. The Morgan fingerprint density at radius 1 is 1.03 bits per heavy atom. The Balaban J connectivity index is 1.65. The fourth-order valence-corrected chi connectivity index (χ4v) is 4.45. The fraction of sp³-hybridized carbons (Fsp3) is 0.250. The van der Waals surface area contributed by atoms with Crippen LogP contribution in [0.25, 0.3) is 0 Å². The van der Waals surface area contributed by atoms with E-state index in [1.807, 2.05) is 30.5 Å². The van der Waals surface area contributed by atoms with Gasteiger partial charge in [-0.2, -0.15) is 0 Å². The zero-order chi connectivity index (χ0) is 25.7. The van der Waals surface area contributed by atoms with E-state index >= 15 is 0 Å². The average Bonchev–Trinajstić information content (AvgIpc) is 3.20. The lowest BCUT2D eigenvalue weighted by atomic mass is 9.99. The van der Waals surface area contributed by atoms with Crippen molar-refractivity contribution in [3.63, 3.8) is 0 Å². The van der Waals surface area contributed by atoms with Gasteiger partial charge >= 0.3 is 5.91 Å². The molecular formula is C28H30ClN4O3+. The lowest BCUT2D eigenvalue weighted by Gasteiger charge is -2.20. The average molecular weight is 506 g/mol. The molecule has 2 N–H and O–H groups in total. The Morgan fingerprint density at radius 2 is 1.67 bits per heavy atom. The number of anilines is 1. The van der Waals surface area contributed by atoms with E-state index in [1.54, 1.807) is 48.2 Å². The zero-order valence-electron chi connectivity index (χ0n) is 20.6. The minimum absolute atomic E-state index is 0.298. The number of rotatable bonds is 8. The molecule has 1 saturated heterocycles. The number of ether oxygens (including phenoxy) is 1. The lowest BCUT2D eigenvalue weighted by molar-refractivity contribution is -0.596. The Labute approximate surface area is 216 Å². The largest absolute Gasteiger partial charge is 0.497 e. The standard InChI is InChI=1S/C28H29ClN4O3/c1-4-32(5-2)23-14-6-19(7-15-23)18-33-26(20-8-12-22(29)13-9-20)25(28(35)31-33)30-27(34)21-10-16-24(36-3)17-11-21/h6-18,25-26H,4-5H2,1-3H3,(H-,30,31,34,35)/p+1/t25-,26-/m1/s1. The van der Waals surface area contributed by atoms with Gasteiger partial charge in [0.1, 0.15) is 5.75 Å². The van der Waals surface area contributed by atoms with Crippen LogP contribution in [0, 0.1) is 0 Å². The van der Waals surface area contributed by atoms with Crippen LogP contribution in [0.1, 0.15) is 41.4 Å². The van der Waals surface area contributed by atoms with E-state index in [1.165, 1.54) is 0 Å². The van der Waals surface area contributed by atoms with E-state index in [0.29, 0.717) is 16.3 Å². The second-order valence-electron chi connectivity index (χ2n) is 8.45. The summed E-state index contributed by atoms with van der Waals surface area (Å²) in [5.41, 5.74) is 6.25. The van der Waals surface area contributed by atoms with Gasteiger partial charge in [-0.25, -0.2) is 0 Å². The Bertz CT molecular complexity index is 1240. The number of carbonyl (C=O) groups is 2. The first-order valence-corrected chi connectivity index (χ1v) is 12.3. The number of halogens is 1. The first kappa shape index (κ1) is 25.3. The number of amides is 2. The van der Waals surface area contributed by atoms with Crippen molar-refractivity contribution in [1.82, 2.24) is 10.7 Å². The second-order valence-corrected chi connectivity index (χ2v) is 8.89. The van der Waals surface area contributed by atoms with Gasteiger partial charge in [0.2, 0.25) is 12.3 Å². The SMILES string of the molecule is CCN(CC)c1ccc(/C=[N+]2\NC(=O)[C@H](NC(=O)c3ccc(OC)cc3)[C@H]2c2ccc(Cl)cc2)cc1. The highest BCUT2D eigenvalue weighted by Crippen LogP contribution is 2.27. The molecule has 1 fully saturated rings. The number of hydrogen-bond donors (Lipinski definition) is 2. The highest BCUT2D eigenvalue weighted by atomic mass is 35.5. The maximum Gasteiger partial charge on any atom is 0.304 e. The molecule has 0 aromatic heterocycles. The summed E-state index contributed by atoms with van der Waals surface area (Å²) < 4.78 is 6.91. The van der Waals surface area contributed by atoms with Gasteiger partial charge in [0.05, 0.1) is 7.11 Å². The van der Waals surface area contributed by atoms with Crippen LogP contribution in [-0.2, 0) is 4.79 Å². The smallest absolute Gasteiger partial charge is 0.304 e. The van der Waals surface area contributed by atoms with Gasteiger partial charge < -0.3 is 15.0 Å². The van der Waals surface area contributed by atoms with Crippen molar-refractivity contribution in [1.29, 1.82) is 0 Å². The van der Waals surface area contributed by atoms with E-state index < -0.39 is 12.1 Å². The maximum absolute atomic E-state index is 13.1. The molecule has 0 saturated carbocycles. The van der Waals surface area contributed by atoms with E-state index in [2.05, 4.69) is 41.6 Å². The summed E-state index contributed by atoms with van der Waals surface area (Å²) in [4.78, 5) is 28.4. The molecule has 3 aromatic rings. The van der Waals surface area contributed by atoms with Crippen LogP contribution in [0.15, 0.2) is 72.8 Å². The van der Waals surface area contributed by atoms with E-state index in [4.69, 9.17) is 16.3 Å². The molecule has 8 heteroatoms. The molecule has 36 heavy (non-hydrogen) atoms. The summed E-state index contributed by atoms with van der Waals surface area (Å²) in [6.45, 7) is 6.10. The van der Waals surface area contributed by atoms with E-state index in [0.717, 1.165) is 29.9 Å². The number of methoxy groups -OCH3 is 1. The number of nitrogens with zero attached hydrogens (tertiary/aromatic N) is 2. The third kappa shape index (κ3) is 5.52. The summed E-state index contributed by atoms with van der Waals surface area (Å²) in [5.74, 6) is 0.00648. The third-order valence-corrected chi connectivity index (χ3v) is 6.55. The monoisotopic (exact) mass is 505 g/mol. The molecule has 1 aliphatic rings. The van der Waals surface area contributed by atoms with E-state index in [9.17, 15) is 9.59 Å². The molecule has 0 spiro atoms. The van der Waals surface area contributed by atoms with Gasteiger partial charge in [-0.1, -0.05) is 23.7 Å². The maximum atomic E-state index is 13.1. The molecule has 3 aromatic carbocycles. The van der Waals surface area contributed by atoms with Crippen molar-refractivity contribution in [2.75, 3.05) is 25.1 Å². The predicted molar refractivity (Wildman–Crippen MR) is 142 cm³/mol. The van der Waals surface area contributed by atoms with Gasteiger partial charge in [0, 0.05) is 40.5 Å². The number of nitrogens with one attached hydrogen (secondary N) is 2. The van der Waals surface area contributed by atoms with Crippen molar-refractivity contribution in [2.45, 2.75) is 25.9 Å².